The van der Waals surface area contributed by atoms with Gasteiger partial charge in [-0.05, 0) is 42.0 Å². The first-order chi connectivity index (χ1) is 17.0. The van der Waals surface area contributed by atoms with Crippen LogP contribution in [0.3, 0.4) is 0 Å². The van der Waals surface area contributed by atoms with Crippen LogP contribution in [0.4, 0.5) is 0 Å². The Morgan fingerprint density at radius 2 is 1.94 bits per heavy atom. The van der Waals surface area contributed by atoms with E-state index in [2.05, 4.69) is 5.10 Å². The number of benzene rings is 1. The van der Waals surface area contributed by atoms with E-state index in [1.54, 1.807) is 31.6 Å². The van der Waals surface area contributed by atoms with Gasteiger partial charge in [0, 0.05) is 19.4 Å². The molecule has 0 aliphatic carbocycles. The number of methoxy groups -OCH3 is 2. The molecule has 2 amide bonds. The summed E-state index contributed by atoms with van der Waals surface area (Å²) in [6, 6.07) is 9.00. The molecule has 1 saturated heterocycles. The number of esters is 1. The fraction of sp³-hybridized carbons (Fsp3) is 0.440. The van der Waals surface area contributed by atoms with Crippen molar-refractivity contribution in [3.63, 3.8) is 0 Å². The van der Waals surface area contributed by atoms with Gasteiger partial charge in [0.05, 0.1) is 30.9 Å². The number of carbonyl (C=O) groups excluding carboxylic acids is 3. The van der Waals surface area contributed by atoms with Gasteiger partial charge >= 0.3 is 5.97 Å². The molecular weight excluding hydrogens is 470 g/mol. The highest BCUT2D eigenvalue weighted by Gasteiger charge is 2.34. The second-order valence-electron chi connectivity index (χ2n) is 8.38. The van der Waals surface area contributed by atoms with Crippen LogP contribution in [0.15, 0.2) is 40.8 Å². The Balaban J connectivity index is 1.47. The predicted octanol–water partition coefficient (Wildman–Crippen LogP) is 3.39. The summed E-state index contributed by atoms with van der Waals surface area (Å²) in [6.45, 7) is -0.0648. The lowest BCUT2D eigenvalue weighted by Gasteiger charge is -2.23. The van der Waals surface area contributed by atoms with Gasteiger partial charge in [-0.15, -0.1) is 11.3 Å². The minimum atomic E-state index is -0.599. The molecule has 0 bridgehead atoms. The average molecular weight is 500 g/mol. The van der Waals surface area contributed by atoms with E-state index in [-0.39, 0.29) is 18.5 Å². The highest BCUT2D eigenvalue weighted by Crippen LogP contribution is 2.37. The summed E-state index contributed by atoms with van der Waals surface area (Å²) in [5.41, 5.74) is 1.61. The molecule has 2 aromatic rings. The molecule has 1 aromatic heterocycles. The number of hydrogen-bond donors (Lipinski definition) is 0. The van der Waals surface area contributed by atoms with E-state index in [0.29, 0.717) is 30.9 Å². The van der Waals surface area contributed by atoms with E-state index in [4.69, 9.17) is 14.2 Å². The lowest BCUT2D eigenvalue weighted by molar-refractivity contribution is -0.155. The normalized spacial score (nSPS) is 18.2. The van der Waals surface area contributed by atoms with Crippen molar-refractivity contribution in [2.24, 2.45) is 5.10 Å². The second-order valence-corrected chi connectivity index (χ2v) is 9.33. The van der Waals surface area contributed by atoms with Crippen LogP contribution in [-0.2, 0) is 19.1 Å². The number of hydrogen-bond acceptors (Lipinski definition) is 8. The number of ether oxygens (including phenoxy) is 3. The van der Waals surface area contributed by atoms with Crippen LogP contribution in [0.25, 0.3) is 0 Å². The standard InChI is InChI=1S/C25H29N3O6S/c1-32-20-10-9-17(13-21(20)33-2)19-14-18(22-7-6-12-35-22)26-28(19)24(30)16-34-25(31)15-27-11-5-3-4-8-23(27)29/h6-7,9-10,12-13,19H,3-5,8,11,14-16H2,1-2H3. The number of nitrogens with zero attached hydrogens (tertiary/aromatic N) is 3. The molecular formula is C25H29N3O6S. The monoisotopic (exact) mass is 499 g/mol. The third-order valence-electron chi connectivity index (χ3n) is 6.11. The van der Waals surface area contributed by atoms with E-state index < -0.39 is 18.5 Å². The van der Waals surface area contributed by atoms with Crippen LogP contribution in [0.2, 0.25) is 0 Å². The first-order valence-corrected chi connectivity index (χ1v) is 12.5. The van der Waals surface area contributed by atoms with E-state index in [1.165, 1.54) is 9.91 Å². The van der Waals surface area contributed by atoms with Crippen LogP contribution in [0, 0.1) is 0 Å². The lowest BCUT2D eigenvalue weighted by atomic mass is 10.0. The molecule has 0 radical (unpaired) electrons. The predicted molar refractivity (Wildman–Crippen MR) is 131 cm³/mol. The van der Waals surface area contributed by atoms with Crippen molar-refractivity contribution in [1.82, 2.24) is 9.91 Å². The van der Waals surface area contributed by atoms with Crippen LogP contribution in [0.5, 0.6) is 11.5 Å². The van der Waals surface area contributed by atoms with Crippen molar-refractivity contribution in [3.8, 4) is 11.5 Å². The molecule has 10 heteroatoms. The minimum absolute atomic E-state index is 0.0518. The summed E-state index contributed by atoms with van der Waals surface area (Å²) >= 11 is 1.55. The zero-order valence-electron chi connectivity index (χ0n) is 19.9. The van der Waals surface area contributed by atoms with E-state index in [9.17, 15) is 14.4 Å². The number of rotatable bonds is 8. The Morgan fingerprint density at radius 1 is 1.11 bits per heavy atom. The quantitative estimate of drug-likeness (QED) is 0.517. The summed E-state index contributed by atoms with van der Waals surface area (Å²) < 4.78 is 16.0. The summed E-state index contributed by atoms with van der Waals surface area (Å²) in [5, 5.41) is 7.92. The maximum atomic E-state index is 13.1. The van der Waals surface area contributed by atoms with Crippen molar-refractivity contribution in [2.45, 2.75) is 38.1 Å². The van der Waals surface area contributed by atoms with Gasteiger partial charge in [0.2, 0.25) is 5.91 Å². The highest BCUT2D eigenvalue weighted by molar-refractivity contribution is 7.12. The van der Waals surface area contributed by atoms with Crippen LogP contribution in [-0.4, -0.2) is 67.3 Å². The minimum Gasteiger partial charge on any atom is -0.493 e. The molecule has 1 aromatic carbocycles. The van der Waals surface area contributed by atoms with E-state index in [1.807, 2.05) is 29.6 Å². The maximum Gasteiger partial charge on any atom is 0.326 e. The van der Waals surface area contributed by atoms with Gasteiger partial charge in [-0.2, -0.15) is 5.10 Å². The average Bonchev–Trinajstić information content (AvgIpc) is 3.52. The van der Waals surface area contributed by atoms with Gasteiger partial charge in [-0.1, -0.05) is 18.6 Å². The van der Waals surface area contributed by atoms with Crippen molar-refractivity contribution < 1.29 is 28.6 Å². The molecule has 4 rings (SSSR count). The molecule has 0 spiro atoms. The Kier molecular flexibility index (Phi) is 8.02. The highest BCUT2D eigenvalue weighted by atomic mass is 32.1. The largest absolute Gasteiger partial charge is 0.493 e. The number of likely N-dealkylation sites (tertiary alicyclic amines) is 1. The van der Waals surface area contributed by atoms with Gasteiger partial charge in [0.25, 0.3) is 5.91 Å². The summed E-state index contributed by atoms with van der Waals surface area (Å²) in [4.78, 5) is 40.2. The maximum absolute atomic E-state index is 13.1. The van der Waals surface area contributed by atoms with Gasteiger partial charge in [-0.25, -0.2) is 5.01 Å². The number of thiophene rings is 1. The fourth-order valence-electron chi connectivity index (χ4n) is 4.27. The second kappa shape index (κ2) is 11.4. The third-order valence-corrected chi connectivity index (χ3v) is 7.03. The lowest BCUT2D eigenvalue weighted by Crippen LogP contribution is -2.37. The summed E-state index contributed by atoms with van der Waals surface area (Å²) in [6.07, 6.45) is 3.61. The Morgan fingerprint density at radius 3 is 2.69 bits per heavy atom. The van der Waals surface area contributed by atoms with Gasteiger partial charge in [0.1, 0.15) is 6.54 Å². The molecule has 35 heavy (non-hydrogen) atoms. The Labute approximate surface area is 208 Å². The summed E-state index contributed by atoms with van der Waals surface area (Å²) in [7, 11) is 3.12. The molecule has 1 atom stereocenters. The topological polar surface area (TPSA) is 97.7 Å². The molecule has 9 nitrogen and oxygen atoms in total. The number of hydrazone groups is 1. The molecule has 186 valence electrons. The SMILES string of the molecule is COc1ccc(C2CC(c3cccs3)=NN2C(=O)COC(=O)CN2CCCCCC2=O)cc1OC. The van der Waals surface area contributed by atoms with Crippen molar-refractivity contribution in [1.29, 1.82) is 0 Å². The smallest absolute Gasteiger partial charge is 0.326 e. The van der Waals surface area contributed by atoms with Crippen molar-refractivity contribution in [3.05, 3.63) is 46.2 Å². The summed E-state index contributed by atoms with van der Waals surface area (Å²) in [5.74, 6) is 0.0489. The van der Waals surface area contributed by atoms with E-state index >= 15 is 0 Å². The van der Waals surface area contributed by atoms with Crippen LogP contribution < -0.4 is 9.47 Å². The van der Waals surface area contributed by atoms with Gasteiger partial charge < -0.3 is 19.1 Å². The Bertz CT molecular complexity index is 1100. The van der Waals surface area contributed by atoms with Crippen LogP contribution in [0.1, 0.15) is 48.6 Å². The van der Waals surface area contributed by atoms with Gasteiger partial charge in [0.15, 0.2) is 18.1 Å². The van der Waals surface area contributed by atoms with Crippen molar-refractivity contribution >= 4 is 34.8 Å². The first-order valence-electron chi connectivity index (χ1n) is 11.6. The van der Waals surface area contributed by atoms with Gasteiger partial charge in [-0.3, -0.25) is 14.4 Å². The zero-order valence-corrected chi connectivity index (χ0v) is 20.7. The van der Waals surface area contributed by atoms with Crippen molar-refractivity contribution in [2.75, 3.05) is 33.9 Å². The Hall–Kier alpha value is -3.40. The van der Waals surface area contributed by atoms with Crippen LogP contribution >= 0.6 is 11.3 Å². The molecule has 2 aliphatic rings. The third kappa shape index (κ3) is 5.82. The molecule has 1 fully saturated rings. The first kappa shape index (κ1) is 24.7. The number of amides is 2. The molecule has 2 aliphatic heterocycles. The molecule has 0 N–H and O–H groups in total. The molecule has 3 heterocycles. The molecule has 0 saturated carbocycles. The van der Waals surface area contributed by atoms with E-state index in [0.717, 1.165) is 35.4 Å². The fourth-order valence-corrected chi connectivity index (χ4v) is 4.99. The molecule has 1 unspecified atom stereocenters. The zero-order chi connectivity index (χ0) is 24.8. The number of carbonyl (C=O) groups is 3.